The lowest BCUT2D eigenvalue weighted by Gasteiger charge is -2.28. The Morgan fingerprint density at radius 3 is 2.74 bits per heavy atom. The number of carbonyl (C=O) groups is 1. The van der Waals surface area contributed by atoms with Crippen molar-refractivity contribution in [3.8, 4) is 0 Å². The van der Waals surface area contributed by atoms with Crippen molar-refractivity contribution in [2.75, 3.05) is 26.2 Å². The van der Waals surface area contributed by atoms with Gasteiger partial charge in [-0.15, -0.1) is 24.0 Å². The minimum absolute atomic E-state index is 0. The summed E-state index contributed by atoms with van der Waals surface area (Å²) in [6.07, 6.45) is 4.84. The Balaban J connectivity index is 0.00000341. The number of guanidine groups is 1. The molecule has 0 saturated carbocycles. The number of nitrogens with one attached hydrogen (secondary N) is 2. The number of halogens is 2. The summed E-state index contributed by atoms with van der Waals surface area (Å²) in [6.45, 7) is 5.73. The van der Waals surface area contributed by atoms with Crippen molar-refractivity contribution < 1.29 is 4.79 Å². The van der Waals surface area contributed by atoms with E-state index in [4.69, 9.17) is 11.6 Å². The monoisotopic (exact) mass is 555 g/mol. The molecule has 0 atom stereocenters. The van der Waals surface area contributed by atoms with Gasteiger partial charge in [-0.1, -0.05) is 41.9 Å². The Morgan fingerprint density at radius 2 is 2.00 bits per heavy atom. The molecule has 168 valence electrons. The van der Waals surface area contributed by atoms with Gasteiger partial charge < -0.3 is 15.5 Å². The van der Waals surface area contributed by atoms with Crippen molar-refractivity contribution in [1.82, 2.24) is 20.5 Å². The number of rotatable bonds is 8. The van der Waals surface area contributed by atoms with Crippen molar-refractivity contribution in [2.24, 2.45) is 4.99 Å². The van der Waals surface area contributed by atoms with Crippen LogP contribution in [0.5, 0.6) is 0 Å². The first kappa shape index (κ1) is 25.4. The fraction of sp³-hybridized carbons (Fsp3) is 0.435. The van der Waals surface area contributed by atoms with Crippen LogP contribution in [-0.4, -0.2) is 47.9 Å². The summed E-state index contributed by atoms with van der Waals surface area (Å²) in [5.41, 5.74) is 3.75. The van der Waals surface area contributed by atoms with Crippen molar-refractivity contribution in [1.29, 1.82) is 0 Å². The van der Waals surface area contributed by atoms with E-state index in [0.29, 0.717) is 18.1 Å². The van der Waals surface area contributed by atoms with Gasteiger partial charge in [0.05, 0.1) is 0 Å². The van der Waals surface area contributed by atoms with Crippen LogP contribution >= 0.6 is 35.6 Å². The molecule has 1 aliphatic rings. The summed E-state index contributed by atoms with van der Waals surface area (Å²) in [5, 5.41) is 7.08. The van der Waals surface area contributed by atoms with Crippen LogP contribution in [0.3, 0.4) is 0 Å². The average molecular weight is 556 g/mol. The predicted molar refractivity (Wildman–Crippen MR) is 137 cm³/mol. The molecule has 6 nitrogen and oxygen atoms in total. The molecule has 1 aromatic carbocycles. The second-order valence-corrected chi connectivity index (χ2v) is 7.75. The van der Waals surface area contributed by atoms with Crippen LogP contribution in [-0.2, 0) is 24.2 Å². The van der Waals surface area contributed by atoms with Gasteiger partial charge in [0.25, 0.3) is 0 Å². The van der Waals surface area contributed by atoms with Gasteiger partial charge in [-0.3, -0.25) is 9.79 Å². The van der Waals surface area contributed by atoms with Crippen LogP contribution in [0.2, 0.25) is 5.15 Å². The first-order valence-electron chi connectivity index (χ1n) is 10.6. The van der Waals surface area contributed by atoms with Gasteiger partial charge in [-0.2, -0.15) is 0 Å². The van der Waals surface area contributed by atoms with Crippen LogP contribution in [0.1, 0.15) is 36.5 Å². The molecule has 0 fully saturated rings. The molecular formula is C23H31ClIN5O. The number of hydrogen-bond donors (Lipinski definition) is 2. The molecule has 8 heteroatoms. The molecular weight excluding hydrogens is 525 g/mol. The Labute approximate surface area is 206 Å². The zero-order valence-corrected chi connectivity index (χ0v) is 21.0. The summed E-state index contributed by atoms with van der Waals surface area (Å²) < 4.78 is 0. The first-order valence-corrected chi connectivity index (χ1v) is 11.0. The normalized spacial score (nSPS) is 13.2. The molecule has 0 saturated heterocycles. The maximum absolute atomic E-state index is 12.6. The Bertz CT molecular complexity index is 859. The van der Waals surface area contributed by atoms with Gasteiger partial charge in [0, 0.05) is 45.3 Å². The molecule has 1 amide bonds. The van der Waals surface area contributed by atoms with E-state index < -0.39 is 0 Å². The number of nitrogens with zero attached hydrogens (tertiary/aromatic N) is 3. The number of fused-ring (bicyclic) bond motifs is 1. The van der Waals surface area contributed by atoms with Crippen molar-refractivity contribution in [3.63, 3.8) is 0 Å². The van der Waals surface area contributed by atoms with Gasteiger partial charge in [0.2, 0.25) is 5.91 Å². The molecule has 0 bridgehead atoms. The van der Waals surface area contributed by atoms with E-state index in [2.05, 4.69) is 38.8 Å². The highest BCUT2D eigenvalue weighted by molar-refractivity contribution is 14.0. The van der Waals surface area contributed by atoms with Gasteiger partial charge in [-0.25, -0.2) is 4.98 Å². The van der Waals surface area contributed by atoms with Crippen molar-refractivity contribution in [2.45, 2.75) is 39.2 Å². The second-order valence-electron chi connectivity index (χ2n) is 7.36. The minimum Gasteiger partial charge on any atom is -0.357 e. The highest BCUT2D eigenvalue weighted by Gasteiger charge is 2.19. The lowest BCUT2D eigenvalue weighted by molar-refractivity contribution is -0.132. The number of aromatic nitrogens is 1. The van der Waals surface area contributed by atoms with Gasteiger partial charge in [0.1, 0.15) is 5.15 Å². The van der Waals surface area contributed by atoms with Crippen LogP contribution in [0.25, 0.3) is 0 Å². The number of carbonyl (C=O) groups excluding carboxylic acids is 1. The third-order valence-corrected chi connectivity index (χ3v) is 5.36. The van der Waals surface area contributed by atoms with E-state index in [-0.39, 0.29) is 29.9 Å². The van der Waals surface area contributed by atoms with Crippen molar-refractivity contribution >= 4 is 47.4 Å². The predicted octanol–water partition coefficient (Wildman–Crippen LogP) is 3.82. The number of benzene rings is 1. The quantitative estimate of drug-likeness (QED) is 0.171. The number of pyridine rings is 1. The number of amides is 1. The molecule has 1 aromatic heterocycles. The molecule has 1 aliphatic heterocycles. The van der Waals surface area contributed by atoms with Crippen LogP contribution in [0.15, 0.2) is 47.6 Å². The molecule has 2 heterocycles. The van der Waals surface area contributed by atoms with Crippen LogP contribution in [0, 0.1) is 0 Å². The topological polar surface area (TPSA) is 69.6 Å². The fourth-order valence-electron chi connectivity index (χ4n) is 3.51. The van der Waals surface area contributed by atoms with E-state index in [0.717, 1.165) is 57.0 Å². The van der Waals surface area contributed by atoms with Gasteiger partial charge in [-0.05, 0) is 48.9 Å². The van der Waals surface area contributed by atoms with Gasteiger partial charge in [0.15, 0.2) is 5.96 Å². The summed E-state index contributed by atoms with van der Waals surface area (Å²) >= 11 is 5.82. The van der Waals surface area contributed by atoms with E-state index in [1.54, 1.807) is 12.3 Å². The smallest absolute Gasteiger partial charge is 0.222 e. The van der Waals surface area contributed by atoms with E-state index >= 15 is 0 Å². The SMILES string of the molecule is CCNC(=NCCCC(=O)N1CCc2ccccc2C1)NCCc1ccc(Cl)nc1.I. The molecule has 0 radical (unpaired) electrons. The Morgan fingerprint density at radius 1 is 1.19 bits per heavy atom. The molecule has 0 unspecified atom stereocenters. The number of hydrogen-bond acceptors (Lipinski definition) is 3. The van der Waals surface area contributed by atoms with E-state index in [9.17, 15) is 4.79 Å². The summed E-state index contributed by atoms with van der Waals surface area (Å²) in [4.78, 5) is 23.2. The zero-order chi connectivity index (χ0) is 21.2. The van der Waals surface area contributed by atoms with Crippen LogP contribution in [0.4, 0.5) is 0 Å². The lowest BCUT2D eigenvalue weighted by Crippen LogP contribution is -2.38. The zero-order valence-electron chi connectivity index (χ0n) is 17.9. The molecule has 0 aliphatic carbocycles. The molecule has 2 N–H and O–H groups in total. The lowest BCUT2D eigenvalue weighted by atomic mass is 9.99. The third-order valence-electron chi connectivity index (χ3n) is 5.14. The maximum atomic E-state index is 12.6. The summed E-state index contributed by atoms with van der Waals surface area (Å²) in [5.74, 6) is 0.992. The standard InChI is InChI=1S/C23H30ClN5O.HI/c1-2-25-23(27-14-11-18-9-10-21(24)28-16-18)26-13-5-8-22(30)29-15-12-19-6-3-4-7-20(19)17-29;/h3-4,6-7,9-10,16H,2,5,8,11-15,17H2,1H3,(H2,25,26,27);1H. The minimum atomic E-state index is 0. The molecule has 31 heavy (non-hydrogen) atoms. The summed E-state index contributed by atoms with van der Waals surface area (Å²) in [7, 11) is 0. The molecule has 3 rings (SSSR count). The first-order chi connectivity index (χ1) is 14.7. The van der Waals surface area contributed by atoms with Crippen LogP contribution < -0.4 is 10.6 Å². The maximum Gasteiger partial charge on any atom is 0.222 e. The Hall–Kier alpha value is -1.87. The largest absolute Gasteiger partial charge is 0.357 e. The van der Waals surface area contributed by atoms with Crippen molar-refractivity contribution in [3.05, 3.63) is 64.4 Å². The van der Waals surface area contributed by atoms with E-state index in [1.807, 2.05) is 24.0 Å². The highest BCUT2D eigenvalue weighted by atomic mass is 127. The fourth-order valence-corrected chi connectivity index (χ4v) is 3.62. The van der Waals surface area contributed by atoms with Gasteiger partial charge >= 0.3 is 0 Å². The van der Waals surface area contributed by atoms with E-state index in [1.165, 1.54) is 11.1 Å². The summed E-state index contributed by atoms with van der Waals surface area (Å²) in [6, 6.07) is 12.2. The highest BCUT2D eigenvalue weighted by Crippen LogP contribution is 2.19. The third kappa shape index (κ3) is 8.29. The molecule has 2 aromatic rings. The average Bonchev–Trinajstić information content (AvgIpc) is 2.77. The molecule has 0 spiro atoms. The second kappa shape index (κ2) is 13.5. The Kier molecular flexibility index (Phi) is 11.1. The number of aliphatic imine (C=N–C) groups is 1.